The minimum absolute atomic E-state index is 0.598. The van der Waals surface area contributed by atoms with Crippen molar-refractivity contribution < 1.29 is 4.74 Å². The third kappa shape index (κ3) is 1.96. The Labute approximate surface area is 87.6 Å². The van der Waals surface area contributed by atoms with E-state index in [9.17, 15) is 0 Å². The van der Waals surface area contributed by atoms with Crippen LogP contribution in [0.25, 0.3) is 0 Å². The molecule has 14 heavy (non-hydrogen) atoms. The van der Waals surface area contributed by atoms with E-state index in [0.717, 1.165) is 6.61 Å². The Hall–Kier alpha value is -0.0800. The first-order valence-corrected chi connectivity index (χ1v) is 6.12. The lowest BCUT2D eigenvalue weighted by Gasteiger charge is -2.58. The standard InChI is InChI=1S/C12H23NO/c1-3-5-6-14-11-7-12(8-11)9-13(4-2)10-12/h11H,3-10H2,1-2H3. The molecule has 0 N–H and O–H groups in total. The minimum Gasteiger partial charge on any atom is -0.378 e. The van der Waals surface area contributed by atoms with Crippen LogP contribution < -0.4 is 0 Å². The number of rotatable bonds is 5. The second-order valence-electron chi connectivity index (χ2n) is 5.06. The Morgan fingerprint density at radius 2 is 2.00 bits per heavy atom. The van der Waals surface area contributed by atoms with Crippen LogP contribution in [0, 0.1) is 5.41 Å². The molecule has 2 aliphatic rings. The van der Waals surface area contributed by atoms with Crippen molar-refractivity contribution in [2.75, 3.05) is 26.2 Å². The second-order valence-corrected chi connectivity index (χ2v) is 5.06. The van der Waals surface area contributed by atoms with E-state index in [0.29, 0.717) is 11.5 Å². The first kappa shape index (κ1) is 10.4. The zero-order chi connectivity index (χ0) is 10.0. The Kier molecular flexibility index (Phi) is 3.13. The van der Waals surface area contributed by atoms with E-state index >= 15 is 0 Å². The molecule has 1 aliphatic heterocycles. The zero-order valence-electron chi connectivity index (χ0n) is 9.59. The van der Waals surface area contributed by atoms with Gasteiger partial charge in [-0.2, -0.15) is 0 Å². The zero-order valence-corrected chi connectivity index (χ0v) is 9.59. The summed E-state index contributed by atoms with van der Waals surface area (Å²) in [4.78, 5) is 2.53. The second kappa shape index (κ2) is 4.19. The highest BCUT2D eigenvalue weighted by molar-refractivity contribution is 5.04. The van der Waals surface area contributed by atoms with Gasteiger partial charge in [-0.15, -0.1) is 0 Å². The average Bonchev–Trinajstić information content (AvgIpc) is 2.05. The van der Waals surface area contributed by atoms with Crippen LogP contribution in [0.15, 0.2) is 0 Å². The lowest BCUT2D eigenvalue weighted by molar-refractivity contribution is -0.149. The van der Waals surface area contributed by atoms with Gasteiger partial charge in [0.1, 0.15) is 0 Å². The summed E-state index contributed by atoms with van der Waals surface area (Å²) >= 11 is 0. The highest BCUT2D eigenvalue weighted by atomic mass is 16.5. The summed E-state index contributed by atoms with van der Waals surface area (Å²) < 4.78 is 5.80. The van der Waals surface area contributed by atoms with Gasteiger partial charge in [0.25, 0.3) is 0 Å². The van der Waals surface area contributed by atoms with E-state index in [1.165, 1.54) is 45.3 Å². The molecule has 2 fully saturated rings. The van der Waals surface area contributed by atoms with E-state index < -0.39 is 0 Å². The van der Waals surface area contributed by atoms with Crippen molar-refractivity contribution in [1.82, 2.24) is 4.90 Å². The lowest BCUT2D eigenvalue weighted by atomic mass is 9.62. The molecule has 1 saturated carbocycles. The molecule has 2 nitrogen and oxygen atoms in total. The summed E-state index contributed by atoms with van der Waals surface area (Å²) in [5.41, 5.74) is 0.687. The minimum atomic E-state index is 0.598. The summed E-state index contributed by atoms with van der Waals surface area (Å²) in [5, 5.41) is 0. The average molecular weight is 197 g/mol. The number of likely N-dealkylation sites (tertiary alicyclic amines) is 1. The molecule has 0 unspecified atom stereocenters. The fraction of sp³-hybridized carbons (Fsp3) is 1.00. The molecule has 82 valence electrons. The molecule has 0 bridgehead atoms. The third-order valence-corrected chi connectivity index (χ3v) is 3.74. The summed E-state index contributed by atoms with van der Waals surface area (Å²) in [6, 6.07) is 0. The van der Waals surface area contributed by atoms with E-state index in [1.54, 1.807) is 0 Å². The molecule has 0 atom stereocenters. The van der Waals surface area contributed by atoms with Gasteiger partial charge in [0.2, 0.25) is 0 Å². The third-order valence-electron chi connectivity index (χ3n) is 3.74. The Bertz CT molecular complexity index is 179. The lowest BCUT2D eigenvalue weighted by Crippen LogP contribution is -2.63. The Morgan fingerprint density at radius 1 is 1.29 bits per heavy atom. The molecular formula is C12H23NO. The summed E-state index contributed by atoms with van der Waals surface area (Å²) in [6.45, 7) is 9.34. The van der Waals surface area contributed by atoms with E-state index in [-0.39, 0.29) is 0 Å². The Balaban J connectivity index is 1.57. The van der Waals surface area contributed by atoms with E-state index in [4.69, 9.17) is 4.74 Å². The van der Waals surface area contributed by atoms with Gasteiger partial charge in [0.05, 0.1) is 6.10 Å². The first-order chi connectivity index (χ1) is 6.78. The van der Waals surface area contributed by atoms with Gasteiger partial charge >= 0.3 is 0 Å². The Morgan fingerprint density at radius 3 is 2.57 bits per heavy atom. The molecule has 0 amide bonds. The smallest absolute Gasteiger partial charge is 0.0587 e. The summed E-state index contributed by atoms with van der Waals surface area (Å²) in [5.74, 6) is 0. The highest BCUT2D eigenvalue weighted by Crippen LogP contribution is 2.49. The van der Waals surface area contributed by atoms with Crippen LogP contribution in [0.4, 0.5) is 0 Å². The number of hydrogen-bond acceptors (Lipinski definition) is 2. The van der Waals surface area contributed by atoms with Crippen molar-refractivity contribution in [3.63, 3.8) is 0 Å². The van der Waals surface area contributed by atoms with Crippen molar-refractivity contribution in [2.45, 2.75) is 45.6 Å². The number of ether oxygens (including phenoxy) is 1. The molecule has 1 spiro atoms. The maximum absolute atomic E-state index is 5.80. The van der Waals surface area contributed by atoms with Gasteiger partial charge in [-0.1, -0.05) is 20.3 Å². The quantitative estimate of drug-likeness (QED) is 0.627. The monoisotopic (exact) mass is 197 g/mol. The number of hydrogen-bond donors (Lipinski definition) is 0. The van der Waals surface area contributed by atoms with Crippen LogP contribution in [0.3, 0.4) is 0 Å². The molecule has 0 aromatic carbocycles. The largest absolute Gasteiger partial charge is 0.378 e. The van der Waals surface area contributed by atoms with Gasteiger partial charge in [-0.25, -0.2) is 0 Å². The molecule has 1 heterocycles. The molecule has 2 heteroatoms. The van der Waals surface area contributed by atoms with Gasteiger partial charge < -0.3 is 9.64 Å². The van der Waals surface area contributed by atoms with Crippen LogP contribution in [0.1, 0.15) is 39.5 Å². The molecular weight excluding hydrogens is 174 g/mol. The molecule has 1 aliphatic carbocycles. The van der Waals surface area contributed by atoms with E-state index in [2.05, 4.69) is 18.7 Å². The predicted octanol–water partition coefficient (Wildman–Crippen LogP) is 2.29. The summed E-state index contributed by atoms with van der Waals surface area (Å²) in [7, 11) is 0. The predicted molar refractivity (Wildman–Crippen MR) is 58.4 cm³/mol. The molecule has 0 aromatic heterocycles. The molecule has 0 aromatic rings. The van der Waals surface area contributed by atoms with Crippen molar-refractivity contribution in [1.29, 1.82) is 0 Å². The van der Waals surface area contributed by atoms with Crippen LogP contribution in [-0.2, 0) is 4.74 Å². The van der Waals surface area contributed by atoms with Crippen LogP contribution in [0.5, 0.6) is 0 Å². The van der Waals surface area contributed by atoms with Crippen LogP contribution in [0.2, 0.25) is 0 Å². The van der Waals surface area contributed by atoms with Gasteiger partial charge in [0.15, 0.2) is 0 Å². The van der Waals surface area contributed by atoms with Crippen molar-refractivity contribution in [3.05, 3.63) is 0 Å². The molecule has 2 rings (SSSR count). The normalized spacial score (nSPS) is 26.1. The van der Waals surface area contributed by atoms with Crippen molar-refractivity contribution in [2.24, 2.45) is 5.41 Å². The van der Waals surface area contributed by atoms with Crippen LogP contribution in [-0.4, -0.2) is 37.2 Å². The van der Waals surface area contributed by atoms with Crippen LogP contribution >= 0.6 is 0 Å². The molecule has 1 saturated heterocycles. The molecule has 0 radical (unpaired) electrons. The summed E-state index contributed by atoms with van der Waals surface area (Å²) in [6.07, 6.45) is 5.73. The fourth-order valence-corrected chi connectivity index (χ4v) is 2.80. The SMILES string of the molecule is CCCCOC1CC2(C1)CN(CC)C2. The van der Waals surface area contributed by atoms with Gasteiger partial charge in [0, 0.05) is 25.1 Å². The fourth-order valence-electron chi connectivity index (χ4n) is 2.80. The van der Waals surface area contributed by atoms with E-state index in [1.807, 2.05) is 0 Å². The number of unbranched alkanes of at least 4 members (excludes halogenated alkanes) is 1. The van der Waals surface area contributed by atoms with Gasteiger partial charge in [-0.05, 0) is 25.8 Å². The maximum atomic E-state index is 5.80. The maximum Gasteiger partial charge on any atom is 0.0587 e. The van der Waals surface area contributed by atoms with Gasteiger partial charge in [-0.3, -0.25) is 0 Å². The van der Waals surface area contributed by atoms with Crippen molar-refractivity contribution >= 4 is 0 Å². The number of nitrogens with zero attached hydrogens (tertiary/aromatic N) is 1. The van der Waals surface area contributed by atoms with Crippen molar-refractivity contribution in [3.8, 4) is 0 Å². The highest BCUT2D eigenvalue weighted by Gasteiger charge is 2.51. The topological polar surface area (TPSA) is 12.5 Å². The first-order valence-electron chi connectivity index (χ1n) is 6.12.